The molecule has 1 N–H and O–H groups in total. The van der Waals surface area contributed by atoms with Crippen LogP contribution in [0.2, 0.25) is 0 Å². The van der Waals surface area contributed by atoms with Gasteiger partial charge in [-0.15, -0.1) is 3.63 Å². The summed E-state index contributed by atoms with van der Waals surface area (Å²) < 4.78 is 58.2. The van der Waals surface area contributed by atoms with Crippen molar-refractivity contribution in [1.29, 1.82) is 0 Å². The minimum Gasteiger partial charge on any atom is -0.263 e. The van der Waals surface area contributed by atoms with E-state index in [2.05, 4.69) is 14.7 Å². The van der Waals surface area contributed by atoms with Gasteiger partial charge in [-0.05, 0) is 6.42 Å². The molecule has 0 bridgehead atoms. The van der Waals surface area contributed by atoms with Gasteiger partial charge in [0.25, 0.3) is 0 Å². The van der Waals surface area contributed by atoms with Crippen molar-refractivity contribution >= 4 is 50.4 Å². The van der Waals surface area contributed by atoms with Gasteiger partial charge in [0.2, 0.25) is 0 Å². The minimum absolute atomic E-state index is 0. The van der Waals surface area contributed by atoms with Gasteiger partial charge in [-0.1, -0.05) is 64.7 Å². The topological polar surface area (TPSA) is 107 Å². The number of hydrogen-bond donors (Lipinski definition) is 1. The summed E-state index contributed by atoms with van der Waals surface area (Å²) in [5.41, 5.74) is 0. The van der Waals surface area contributed by atoms with Gasteiger partial charge in [0, 0.05) is 29.6 Å². The molecule has 0 heterocycles. The zero-order valence-electron chi connectivity index (χ0n) is 13.5. The molecule has 0 spiro atoms. The van der Waals surface area contributed by atoms with Crippen molar-refractivity contribution in [3.05, 3.63) is 0 Å². The fraction of sp³-hybridized carbons (Fsp3) is 1.00. The van der Waals surface area contributed by atoms with Gasteiger partial charge in [-0.25, -0.2) is 4.18 Å². The van der Waals surface area contributed by atoms with Gasteiger partial charge in [0.1, 0.15) is 0 Å². The van der Waals surface area contributed by atoms with E-state index in [4.69, 9.17) is 4.55 Å². The third-order valence-electron chi connectivity index (χ3n) is 2.89. The first kappa shape index (κ1) is 25.0. The Morgan fingerprint density at radius 2 is 1.18 bits per heavy atom. The number of rotatable bonds is 14. The normalized spacial score (nSPS) is 12.1. The Bertz CT molecular complexity index is 448. The van der Waals surface area contributed by atoms with E-state index in [9.17, 15) is 16.8 Å². The predicted molar refractivity (Wildman–Crippen MR) is 85.1 cm³/mol. The molecule has 0 aliphatic carbocycles. The molecule has 0 atom stereocenters. The van der Waals surface area contributed by atoms with Crippen LogP contribution in [0, 0.1) is 0 Å². The van der Waals surface area contributed by atoms with Crippen LogP contribution in [0.15, 0.2) is 0 Å². The zero-order valence-corrected chi connectivity index (χ0v) is 17.1. The Morgan fingerprint density at radius 1 is 0.773 bits per heavy atom. The van der Waals surface area contributed by atoms with Crippen molar-refractivity contribution < 1.29 is 29.2 Å². The summed E-state index contributed by atoms with van der Waals surface area (Å²) in [4.78, 5) is 0. The Morgan fingerprint density at radius 3 is 1.59 bits per heavy atom. The van der Waals surface area contributed by atoms with Crippen molar-refractivity contribution in [1.82, 2.24) is 0 Å². The molecule has 0 aromatic rings. The maximum absolute atomic E-state index is 10.9. The van der Waals surface area contributed by atoms with Crippen molar-refractivity contribution in [2.24, 2.45) is 0 Å². The van der Waals surface area contributed by atoms with Crippen LogP contribution in [-0.2, 0) is 28.6 Å². The molecule has 0 aliphatic rings. The molecule has 0 unspecified atom stereocenters. The van der Waals surface area contributed by atoms with E-state index in [0.717, 1.165) is 19.3 Å². The Kier molecular flexibility index (Phi) is 16.1. The monoisotopic (exact) mass is 369 g/mol. The summed E-state index contributed by atoms with van der Waals surface area (Å²) >= 11 is 0. The van der Waals surface area contributed by atoms with Gasteiger partial charge in [0.15, 0.2) is 0 Å². The summed E-state index contributed by atoms with van der Waals surface area (Å²) in [7, 11) is -9.75. The fourth-order valence-corrected chi connectivity index (χ4v) is 3.20. The maximum atomic E-state index is 10.9. The van der Waals surface area contributed by atoms with Gasteiger partial charge >= 0.3 is 20.8 Å². The van der Waals surface area contributed by atoms with Crippen LogP contribution in [-0.4, -0.2) is 57.6 Å². The number of hydrogen-bond acceptors (Lipinski definition) is 6. The summed E-state index contributed by atoms with van der Waals surface area (Å²) in [5, 5.41) is 0. The molecule has 7 nitrogen and oxygen atoms in total. The smallest absolute Gasteiger partial charge is 0.263 e. The van der Waals surface area contributed by atoms with E-state index in [1.165, 1.54) is 38.5 Å². The molecular formula is C12H26NaO7S2. The third kappa shape index (κ3) is 18.8. The van der Waals surface area contributed by atoms with Crippen molar-refractivity contribution in [2.75, 3.05) is 6.61 Å². The van der Waals surface area contributed by atoms with Crippen LogP contribution in [0.1, 0.15) is 71.1 Å². The van der Waals surface area contributed by atoms with E-state index in [1.807, 2.05) is 0 Å². The van der Waals surface area contributed by atoms with Gasteiger partial charge < -0.3 is 0 Å². The van der Waals surface area contributed by atoms with Crippen LogP contribution < -0.4 is 0 Å². The molecule has 10 heteroatoms. The third-order valence-corrected chi connectivity index (χ3v) is 4.70. The fourth-order valence-electron chi connectivity index (χ4n) is 1.88. The molecule has 0 saturated heterocycles. The van der Waals surface area contributed by atoms with Crippen molar-refractivity contribution in [2.45, 2.75) is 71.1 Å². The predicted octanol–water partition coefficient (Wildman–Crippen LogP) is 2.61. The van der Waals surface area contributed by atoms with Crippen LogP contribution in [0.5, 0.6) is 0 Å². The minimum atomic E-state index is -5.06. The Labute approximate surface area is 156 Å². The molecule has 0 amide bonds. The average Bonchev–Trinajstić information content (AvgIpc) is 2.33. The molecule has 22 heavy (non-hydrogen) atoms. The molecule has 0 fully saturated rings. The van der Waals surface area contributed by atoms with Gasteiger partial charge in [0.05, 0.1) is 6.61 Å². The Balaban J connectivity index is 0. The SMILES string of the molecule is CCCCCCCCCCCCOS(=O)(=O)OS(=O)(=O)O.[Na]. The molecule has 1 radical (unpaired) electrons. The average molecular weight is 369 g/mol. The standard InChI is InChI=1S/C12H26O7S2.Na/c1-2-3-4-5-6-7-8-9-10-11-12-18-21(16,17)19-20(13,14)15;/h2-12H2,1H3,(H,13,14,15);. The maximum Gasteiger partial charge on any atom is 0.416 e. The second-order valence-corrected chi connectivity index (χ2v) is 7.36. The van der Waals surface area contributed by atoms with Crippen LogP contribution >= 0.6 is 0 Å². The van der Waals surface area contributed by atoms with E-state index in [-0.39, 0.29) is 36.2 Å². The van der Waals surface area contributed by atoms with Crippen LogP contribution in [0.25, 0.3) is 0 Å². The Hall–Kier alpha value is 0.780. The first-order chi connectivity index (χ1) is 9.77. The molecule has 0 aromatic carbocycles. The molecule has 0 saturated carbocycles. The van der Waals surface area contributed by atoms with Crippen LogP contribution in [0.4, 0.5) is 0 Å². The van der Waals surface area contributed by atoms with E-state index < -0.39 is 20.8 Å². The van der Waals surface area contributed by atoms with Gasteiger partial charge in [-0.3, -0.25) is 4.55 Å². The first-order valence-corrected chi connectivity index (χ1v) is 10.0. The summed E-state index contributed by atoms with van der Waals surface area (Å²) in [6, 6.07) is 0. The zero-order chi connectivity index (χ0) is 16.2. The van der Waals surface area contributed by atoms with Crippen molar-refractivity contribution in [3.63, 3.8) is 0 Å². The molecule has 0 aliphatic heterocycles. The van der Waals surface area contributed by atoms with E-state index in [0.29, 0.717) is 6.42 Å². The molecule has 0 aromatic heterocycles. The van der Waals surface area contributed by atoms with E-state index in [1.54, 1.807) is 0 Å². The second kappa shape index (κ2) is 14.2. The largest absolute Gasteiger partial charge is 0.416 e. The molecule has 129 valence electrons. The quantitative estimate of drug-likeness (QED) is 0.285. The van der Waals surface area contributed by atoms with Crippen molar-refractivity contribution in [3.8, 4) is 0 Å². The van der Waals surface area contributed by atoms with E-state index >= 15 is 0 Å². The van der Waals surface area contributed by atoms with Crippen LogP contribution in [0.3, 0.4) is 0 Å². The molecule has 0 rings (SSSR count). The summed E-state index contributed by atoms with van der Waals surface area (Å²) in [6.45, 7) is 2.03. The summed E-state index contributed by atoms with van der Waals surface area (Å²) in [6.07, 6.45) is 10.9. The van der Waals surface area contributed by atoms with Gasteiger partial charge in [-0.2, -0.15) is 16.8 Å². The number of unbranched alkanes of at least 4 members (excludes halogenated alkanes) is 9. The summed E-state index contributed by atoms with van der Waals surface area (Å²) in [5.74, 6) is 0. The molecular weight excluding hydrogens is 343 g/mol. The first-order valence-electron chi connectivity index (χ1n) is 7.35. The second-order valence-electron chi connectivity index (χ2n) is 4.91.